The Morgan fingerprint density at radius 2 is 1.46 bits per heavy atom. The molecule has 0 aromatic heterocycles. The number of rotatable bonds is 5. The number of methoxy groups -OCH3 is 1. The van der Waals surface area contributed by atoms with Crippen molar-refractivity contribution in [2.75, 3.05) is 17.8 Å². The Kier molecular flexibility index (Phi) is 5.46. The van der Waals surface area contributed by atoms with Crippen LogP contribution in [-0.4, -0.2) is 18.8 Å². The van der Waals surface area contributed by atoms with E-state index >= 15 is 0 Å². The van der Waals surface area contributed by atoms with E-state index in [9.17, 15) is 4.79 Å². The largest absolute Gasteiger partial charge is 0.497 e. The number of ether oxygens (including phenoxy) is 2. The molecular weight excluding hydrogens is 394 g/mol. The minimum absolute atomic E-state index is 0.0542. The topological polar surface area (TPSA) is 38.8 Å². The van der Waals surface area contributed by atoms with Crippen molar-refractivity contribution in [3.8, 4) is 17.2 Å². The van der Waals surface area contributed by atoms with E-state index in [2.05, 4.69) is 0 Å². The fourth-order valence-electron chi connectivity index (χ4n) is 3.03. The van der Waals surface area contributed by atoms with Gasteiger partial charge in [0.1, 0.15) is 22.6 Å². The van der Waals surface area contributed by atoms with Crippen LogP contribution in [0.5, 0.6) is 17.2 Å². The Morgan fingerprint density at radius 3 is 2.07 bits per heavy atom. The zero-order valence-corrected chi connectivity index (χ0v) is 16.7. The Hall–Kier alpha value is -2.63. The number of hydrogen-bond acceptors (Lipinski definition) is 4. The second-order valence-electron chi connectivity index (χ2n) is 6.25. The highest BCUT2D eigenvalue weighted by molar-refractivity contribution is 8.00. The molecule has 1 aliphatic rings. The molecule has 28 heavy (non-hydrogen) atoms. The van der Waals surface area contributed by atoms with Crippen LogP contribution in [0, 0.1) is 0 Å². The minimum Gasteiger partial charge on any atom is -0.497 e. The zero-order chi connectivity index (χ0) is 19.5. The van der Waals surface area contributed by atoms with Crippen LogP contribution in [0.1, 0.15) is 10.9 Å². The maximum Gasteiger partial charge on any atom is 0.238 e. The van der Waals surface area contributed by atoms with Gasteiger partial charge in [-0.3, -0.25) is 9.69 Å². The number of carbonyl (C=O) groups excluding carboxylic acids is 1. The van der Waals surface area contributed by atoms with Crippen LogP contribution in [0.4, 0.5) is 5.69 Å². The van der Waals surface area contributed by atoms with Crippen LogP contribution >= 0.6 is 23.4 Å². The lowest BCUT2D eigenvalue weighted by Gasteiger charge is -2.24. The van der Waals surface area contributed by atoms with E-state index in [1.807, 2.05) is 65.6 Å². The molecule has 3 aromatic carbocycles. The molecule has 1 aliphatic heterocycles. The summed E-state index contributed by atoms with van der Waals surface area (Å²) >= 11 is 7.52. The second-order valence-corrected chi connectivity index (χ2v) is 7.76. The van der Waals surface area contributed by atoms with Gasteiger partial charge in [0.05, 0.1) is 12.9 Å². The highest BCUT2D eigenvalue weighted by Gasteiger charge is 2.34. The SMILES string of the molecule is COc1ccc(C2SCC(=O)N2c2ccc(Oc3ccc(Cl)cc3)cc2)cc1. The first-order valence-corrected chi connectivity index (χ1v) is 10.2. The molecule has 1 fully saturated rings. The Bertz CT molecular complexity index is 959. The Labute approximate surface area is 173 Å². The maximum absolute atomic E-state index is 12.5. The van der Waals surface area contributed by atoms with Gasteiger partial charge in [-0.1, -0.05) is 23.7 Å². The van der Waals surface area contributed by atoms with Gasteiger partial charge in [-0.15, -0.1) is 11.8 Å². The fraction of sp³-hybridized carbons (Fsp3) is 0.136. The first-order chi connectivity index (χ1) is 13.6. The molecule has 0 radical (unpaired) electrons. The number of benzene rings is 3. The van der Waals surface area contributed by atoms with Crippen molar-refractivity contribution in [2.45, 2.75) is 5.37 Å². The van der Waals surface area contributed by atoms with E-state index in [1.165, 1.54) is 0 Å². The summed E-state index contributed by atoms with van der Waals surface area (Å²) in [6.45, 7) is 0. The minimum atomic E-state index is -0.0542. The summed E-state index contributed by atoms with van der Waals surface area (Å²) in [6.07, 6.45) is 0. The van der Waals surface area contributed by atoms with Crippen LogP contribution in [-0.2, 0) is 4.79 Å². The van der Waals surface area contributed by atoms with E-state index in [1.54, 1.807) is 31.0 Å². The first kappa shape index (κ1) is 18.7. The van der Waals surface area contributed by atoms with Crippen molar-refractivity contribution in [2.24, 2.45) is 0 Å². The van der Waals surface area contributed by atoms with Gasteiger partial charge in [-0.05, 0) is 66.2 Å². The van der Waals surface area contributed by atoms with Crippen molar-refractivity contribution in [3.63, 3.8) is 0 Å². The quantitative estimate of drug-likeness (QED) is 0.522. The highest BCUT2D eigenvalue weighted by Crippen LogP contribution is 2.42. The van der Waals surface area contributed by atoms with Crippen molar-refractivity contribution in [1.29, 1.82) is 0 Å². The lowest BCUT2D eigenvalue weighted by molar-refractivity contribution is -0.115. The van der Waals surface area contributed by atoms with Crippen LogP contribution in [0.2, 0.25) is 5.02 Å². The third kappa shape index (κ3) is 3.96. The summed E-state index contributed by atoms with van der Waals surface area (Å²) in [6, 6.07) is 22.6. The first-order valence-electron chi connectivity index (χ1n) is 8.75. The zero-order valence-electron chi connectivity index (χ0n) is 15.2. The predicted molar refractivity (Wildman–Crippen MR) is 114 cm³/mol. The standard InChI is InChI=1S/C22H18ClNO3S/c1-26-18-8-2-15(3-9-18)22-24(21(25)14-28-22)17-6-12-20(13-7-17)27-19-10-4-16(23)5-11-19/h2-13,22H,14H2,1H3. The van der Waals surface area contributed by atoms with E-state index in [-0.39, 0.29) is 11.3 Å². The van der Waals surface area contributed by atoms with Crippen molar-refractivity contribution >= 4 is 35.0 Å². The predicted octanol–water partition coefficient (Wildman–Crippen LogP) is 5.92. The average molecular weight is 412 g/mol. The number of thioether (sulfide) groups is 1. The number of nitrogens with zero attached hydrogens (tertiary/aromatic N) is 1. The van der Waals surface area contributed by atoms with Crippen molar-refractivity contribution in [1.82, 2.24) is 0 Å². The molecule has 4 rings (SSSR count). The van der Waals surface area contributed by atoms with E-state index in [0.29, 0.717) is 22.3 Å². The summed E-state index contributed by atoms with van der Waals surface area (Å²) in [5, 5.41) is 0.610. The van der Waals surface area contributed by atoms with Crippen LogP contribution in [0.15, 0.2) is 72.8 Å². The molecule has 1 amide bonds. The molecule has 0 saturated carbocycles. The molecule has 3 aromatic rings. The third-order valence-electron chi connectivity index (χ3n) is 4.43. The number of amides is 1. The highest BCUT2D eigenvalue weighted by atomic mass is 35.5. The maximum atomic E-state index is 12.5. The van der Waals surface area contributed by atoms with E-state index in [0.717, 1.165) is 17.0 Å². The van der Waals surface area contributed by atoms with E-state index < -0.39 is 0 Å². The number of halogens is 1. The summed E-state index contributed by atoms with van der Waals surface area (Å²) in [4.78, 5) is 14.4. The van der Waals surface area contributed by atoms with Gasteiger partial charge < -0.3 is 9.47 Å². The molecule has 1 saturated heterocycles. The molecule has 0 spiro atoms. The van der Waals surface area contributed by atoms with Gasteiger partial charge in [0.25, 0.3) is 0 Å². The van der Waals surface area contributed by atoms with Crippen molar-refractivity contribution in [3.05, 3.63) is 83.4 Å². The van der Waals surface area contributed by atoms with E-state index in [4.69, 9.17) is 21.1 Å². The Balaban J connectivity index is 1.54. The fourth-order valence-corrected chi connectivity index (χ4v) is 4.34. The molecular formula is C22H18ClNO3S. The molecule has 1 heterocycles. The van der Waals surface area contributed by atoms with Crippen LogP contribution in [0.3, 0.4) is 0 Å². The number of anilines is 1. The molecule has 4 nitrogen and oxygen atoms in total. The van der Waals surface area contributed by atoms with Gasteiger partial charge in [0.2, 0.25) is 5.91 Å². The summed E-state index contributed by atoms with van der Waals surface area (Å²) < 4.78 is 11.1. The second kappa shape index (κ2) is 8.17. The van der Waals surface area contributed by atoms with Crippen LogP contribution in [0.25, 0.3) is 0 Å². The van der Waals surface area contributed by atoms with Gasteiger partial charge in [-0.2, -0.15) is 0 Å². The average Bonchev–Trinajstić information content (AvgIpc) is 3.12. The molecule has 0 N–H and O–H groups in total. The molecule has 6 heteroatoms. The third-order valence-corrected chi connectivity index (χ3v) is 5.90. The summed E-state index contributed by atoms with van der Waals surface area (Å²) in [5.41, 5.74) is 1.91. The van der Waals surface area contributed by atoms with Gasteiger partial charge in [0.15, 0.2) is 0 Å². The summed E-state index contributed by atoms with van der Waals surface area (Å²) in [7, 11) is 1.64. The molecule has 1 atom stereocenters. The molecule has 0 aliphatic carbocycles. The van der Waals surface area contributed by atoms with Gasteiger partial charge >= 0.3 is 0 Å². The molecule has 0 bridgehead atoms. The molecule has 142 valence electrons. The Morgan fingerprint density at radius 1 is 0.893 bits per heavy atom. The monoisotopic (exact) mass is 411 g/mol. The van der Waals surface area contributed by atoms with Gasteiger partial charge in [0, 0.05) is 10.7 Å². The van der Waals surface area contributed by atoms with Crippen molar-refractivity contribution < 1.29 is 14.3 Å². The molecule has 1 unspecified atom stereocenters. The van der Waals surface area contributed by atoms with Crippen LogP contribution < -0.4 is 14.4 Å². The smallest absolute Gasteiger partial charge is 0.238 e. The van der Waals surface area contributed by atoms with Gasteiger partial charge in [-0.25, -0.2) is 0 Å². The number of hydrogen-bond donors (Lipinski definition) is 0. The number of carbonyl (C=O) groups is 1. The lowest BCUT2D eigenvalue weighted by atomic mass is 10.1. The lowest BCUT2D eigenvalue weighted by Crippen LogP contribution is -2.27. The normalized spacial score (nSPS) is 16.3. The summed E-state index contributed by atoms with van der Waals surface area (Å²) in [5.74, 6) is 2.76.